The number of carbonyl (C=O) groups is 1. The first-order chi connectivity index (χ1) is 17.3. The van der Waals surface area contributed by atoms with Crippen molar-refractivity contribution in [2.75, 3.05) is 0 Å². The lowest BCUT2D eigenvalue weighted by Gasteiger charge is -2.20. The highest BCUT2D eigenvalue weighted by atomic mass is 32.2. The molecular formula is C23H18F3N7OS2. The molecule has 13 heteroatoms. The number of halogens is 3. The average Bonchev–Trinajstić information content (AvgIpc) is 3.56. The van der Waals surface area contributed by atoms with Crippen LogP contribution in [0.1, 0.15) is 48.7 Å². The maximum Gasteiger partial charge on any atom is 0.441 e. The zero-order valence-corrected chi connectivity index (χ0v) is 20.3. The van der Waals surface area contributed by atoms with E-state index in [2.05, 4.69) is 10.1 Å². The SMILES string of the molecule is N=C1/C(=C/c2c(-c3ccccc3)nc3sc(C4CCCCC4)nn23)C(=O)N=C2SC(C(F)(F)F)=NN12. The monoisotopic (exact) mass is 529 g/mol. The lowest BCUT2D eigenvalue weighted by atomic mass is 9.90. The Bertz CT molecular complexity index is 1480. The molecule has 6 rings (SSSR count). The van der Waals surface area contributed by atoms with Crippen LogP contribution < -0.4 is 0 Å². The van der Waals surface area contributed by atoms with Crippen molar-refractivity contribution in [2.45, 2.75) is 44.2 Å². The van der Waals surface area contributed by atoms with Crippen molar-refractivity contribution in [3.05, 3.63) is 46.6 Å². The summed E-state index contributed by atoms with van der Waals surface area (Å²) >= 11 is 1.72. The van der Waals surface area contributed by atoms with Crippen LogP contribution in [0.2, 0.25) is 0 Å². The molecule has 0 bridgehead atoms. The molecule has 3 aliphatic rings. The van der Waals surface area contributed by atoms with Gasteiger partial charge in [-0.3, -0.25) is 10.2 Å². The third kappa shape index (κ3) is 3.95. The van der Waals surface area contributed by atoms with Gasteiger partial charge in [-0.15, -0.1) is 0 Å². The maximum atomic E-state index is 13.2. The smallest absolute Gasteiger partial charge is 0.282 e. The Kier molecular flexibility index (Phi) is 5.56. The number of hydrogen-bond donors (Lipinski definition) is 1. The highest BCUT2D eigenvalue weighted by Crippen LogP contribution is 2.38. The number of aliphatic imine (C=N–C) groups is 1. The molecule has 0 radical (unpaired) electrons. The fourth-order valence-corrected chi connectivity index (χ4v) is 6.31. The standard InChI is InChI=1S/C23H18F3N7OS2/c24-23(25,26)20-31-33-17(27)14(18(34)29-22(33)36-20)11-15-16(12-7-3-1-4-8-12)28-21-32(15)30-19(35-21)13-9-5-2-6-10-13/h1,3-4,7-8,11,13,27H,2,5-6,9-10H2/b14-11-,27-17?. The molecule has 3 aromatic rings. The van der Waals surface area contributed by atoms with Crippen molar-refractivity contribution in [3.8, 4) is 11.3 Å². The highest BCUT2D eigenvalue weighted by molar-refractivity contribution is 8.27. The quantitative estimate of drug-likeness (QED) is 0.440. The predicted octanol–water partition coefficient (Wildman–Crippen LogP) is 5.69. The summed E-state index contributed by atoms with van der Waals surface area (Å²) in [5.41, 5.74) is 1.63. The number of thioether (sulfide) groups is 1. The van der Waals surface area contributed by atoms with Crippen LogP contribution in [-0.2, 0) is 4.79 Å². The fourth-order valence-electron chi connectivity index (χ4n) is 4.47. The van der Waals surface area contributed by atoms with Crippen molar-refractivity contribution in [1.29, 1.82) is 5.41 Å². The largest absolute Gasteiger partial charge is 0.441 e. The first kappa shape index (κ1) is 23.1. The van der Waals surface area contributed by atoms with Crippen molar-refractivity contribution in [3.63, 3.8) is 0 Å². The molecule has 1 aliphatic carbocycles. The summed E-state index contributed by atoms with van der Waals surface area (Å²) in [4.78, 5) is 22.1. The average molecular weight is 530 g/mol. The first-order valence-electron chi connectivity index (χ1n) is 11.3. The van der Waals surface area contributed by atoms with E-state index >= 15 is 0 Å². The number of amides is 1. The van der Waals surface area contributed by atoms with E-state index in [-0.39, 0.29) is 22.5 Å². The summed E-state index contributed by atoms with van der Waals surface area (Å²) in [7, 11) is 0. The molecule has 0 spiro atoms. The minimum atomic E-state index is -4.70. The molecule has 0 unspecified atom stereocenters. The number of alkyl halides is 3. The predicted molar refractivity (Wildman–Crippen MR) is 133 cm³/mol. The molecule has 0 saturated heterocycles. The molecular weight excluding hydrogens is 511 g/mol. The number of nitrogens with zero attached hydrogens (tertiary/aromatic N) is 6. The topological polar surface area (TPSA) is 99.1 Å². The molecule has 4 heterocycles. The number of fused-ring (bicyclic) bond motifs is 2. The second kappa shape index (κ2) is 8.66. The van der Waals surface area contributed by atoms with E-state index in [4.69, 9.17) is 15.5 Å². The number of imidazole rings is 1. The summed E-state index contributed by atoms with van der Waals surface area (Å²) in [6, 6.07) is 9.34. The Hall–Kier alpha value is -3.32. The summed E-state index contributed by atoms with van der Waals surface area (Å²) in [5.74, 6) is -0.938. The molecule has 1 amide bonds. The van der Waals surface area contributed by atoms with Gasteiger partial charge in [-0.25, -0.2) is 9.50 Å². The van der Waals surface area contributed by atoms with Crippen LogP contribution in [0.25, 0.3) is 22.3 Å². The minimum Gasteiger partial charge on any atom is -0.282 e. The molecule has 184 valence electrons. The second-order valence-corrected chi connectivity index (χ2v) is 10.5. The van der Waals surface area contributed by atoms with E-state index in [1.807, 2.05) is 30.3 Å². The van der Waals surface area contributed by atoms with Gasteiger partial charge in [-0.2, -0.15) is 33.4 Å². The van der Waals surface area contributed by atoms with Gasteiger partial charge >= 0.3 is 6.18 Å². The molecule has 8 nitrogen and oxygen atoms in total. The number of carbonyl (C=O) groups excluding carboxylic acids is 1. The number of aromatic nitrogens is 3. The summed E-state index contributed by atoms with van der Waals surface area (Å²) in [6.45, 7) is 0. The van der Waals surface area contributed by atoms with Crippen molar-refractivity contribution < 1.29 is 18.0 Å². The van der Waals surface area contributed by atoms with E-state index in [0.717, 1.165) is 41.3 Å². The zero-order valence-electron chi connectivity index (χ0n) is 18.6. The van der Waals surface area contributed by atoms with Crippen LogP contribution in [0.5, 0.6) is 0 Å². The maximum absolute atomic E-state index is 13.2. The molecule has 1 fully saturated rings. The van der Waals surface area contributed by atoms with Crippen LogP contribution in [0.4, 0.5) is 13.2 Å². The van der Waals surface area contributed by atoms with Gasteiger partial charge < -0.3 is 0 Å². The molecule has 0 atom stereocenters. The molecule has 1 N–H and O–H groups in total. The van der Waals surface area contributed by atoms with E-state index in [9.17, 15) is 18.0 Å². The van der Waals surface area contributed by atoms with Gasteiger partial charge in [-0.1, -0.05) is 60.9 Å². The summed E-state index contributed by atoms with van der Waals surface area (Å²) in [6.07, 6.45) is 2.37. The molecule has 2 aliphatic heterocycles. The Balaban J connectivity index is 1.47. The zero-order chi connectivity index (χ0) is 25.0. The summed E-state index contributed by atoms with van der Waals surface area (Å²) < 4.78 is 41.2. The van der Waals surface area contributed by atoms with Crippen molar-refractivity contribution >= 4 is 56.1 Å². The third-order valence-corrected chi connectivity index (χ3v) is 8.26. The molecule has 1 saturated carbocycles. The van der Waals surface area contributed by atoms with Crippen LogP contribution in [0.3, 0.4) is 0 Å². The first-order valence-corrected chi connectivity index (χ1v) is 12.9. The van der Waals surface area contributed by atoms with E-state index in [1.165, 1.54) is 23.8 Å². The Labute approximate surface area is 211 Å². The van der Waals surface area contributed by atoms with Crippen LogP contribution in [0, 0.1) is 5.41 Å². The second-order valence-electron chi connectivity index (χ2n) is 8.60. The van der Waals surface area contributed by atoms with Crippen LogP contribution in [-0.4, -0.2) is 47.7 Å². The van der Waals surface area contributed by atoms with E-state index < -0.39 is 23.0 Å². The van der Waals surface area contributed by atoms with Gasteiger partial charge in [0, 0.05) is 11.5 Å². The van der Waals surface area contributed by atoms with E-state index in [0.29, 0.717) is 22.3 Å². The highest BCUT2D eigenvalue weighted by Gasteiger charge is 2.46. The van der Waals surface area contributed by atoms with E-state index in [1.54, 1.807) is 4.52 Å². The number of rotatable bonds is 3. The lowest BCUT2D eigenvalue weighted by molar-refractivity contribution is -0.114. The van der Waals surface area contributed by atoms with Crippen LogP contribution in [0.15, 0.2) is 46.0 Å². The van der Waals surface area contributed by atoms with Crippen LogP contribution >= 0.6 is 23.1 Å². The third-order valence-electron chi connectivity index (χ3n) is 6.23. The number of amidine groups is 2. The number of hydrazone groups is 1. The Morgan fingerprint density at radius 3 is 2.58 bits per heavy atom. The molecule has 2 aromatic heterocycles. The molecule has 1 aromatic carbocycles. The number of nitrogens with one attached hydrogen (secondary N) is 1. The number of benzene rings is 1. The Morgan fingerprint density at radius 2 is 1.86 bits per heavy atom. The normalized spacial score (nSPS) is 20.3. The molecule has 36 heavy (non-hydrogen) atoms. The lowest BCUT2D eigenvalue weighted by Crippen LogP contribution is -2.35. The fraction of sp³-hybridized carbons (Fsp3) is 0.304. The van der Waals surface area contributed by atoms with Gasteiger partial charge in [0.25, 0.3) is 5.91 Å². The Morgan fingerprint density at radius 1 is 1.11 bits per heavy atom. The van der Waals surface area contributed by atoms with Gasteiger partial charge in [0.1, 0.15) is 5.01 Å². The number of hydrogen-bond acceptors (Lipinski definition) is 7. The van der Waals surface area contributed by atoms with Crippen molar-refractivity contribution in [2.24, 2.45) is 10.1 Å². The summed E-state index contributed by atoms with van der Waals surface area (Å²) in [5, 5.41) is 17.0. The van der Waals surface area contributed by atoms with Crippen molar-refractivity contribution in [1.82, 2.24) is 19.6 Å². The van der Waals surface area contributed by atoms with Gasteiger partial charge in [0.2, 0.25) is 15.2 Å². The van der Waals surface area contributed by atoms with Gasteiger partial charge in [0.05, 0.1) is 17.0 Å². The van der Waals surface area contributed by atoms with Gasteiger partial charge in [-0.05, 0) is 30.7 Å². The van der Waals surface area contributed by atoms with Gasteiger partial charge in [0.15, 0.2) is 5.84 Å². The minimum absolute atomic E-state index is 0.183.